The molecule has 1 aliphatic carbocycles. The van der Waals surface area contributed by atoms with E-state index in [1.165, 1.54) is 29.5 Å². The van der Waals surface area contributed by atoms with Gasteiger partial charge in [0.05, 0.1) is 24.5 Å². The van der Waals surface area contributed by atoms with Crippen molar-refractivity contribution in [2.45, 2.75) is 32.2 Å². The van der Waals surface area contributed by atoms with Crippen molar-refractivity contribution in [3.05, 3.63) is 53.2 Å². The van der Waals surface area contributed by atoms with Crippen LogP contribution in [-0.4, -0.2) is 57.7 Å². The Kier molecular flexibility index (Phi) is 8.11. The Balaban J connectivity index is 0.000000233. The number of carbonyl (C=O) groups excluding carboxylic acids is 1. The lowest BCUT2D eigenvalue weighted by Crippen LogP contribution is -2.20. The van der Waals surface area contributed by atoms with Crippen LogP contribution in [0, 0.1) is 5.41 Å². The number of hydrogen-bond acceptors (Lipinski definition) is 9. The van der Waals surface area contributed by atoms with Gasteiger partial charge in [-0.2, -0.15) is 0 Å². The first kappa shape index (κ1) is 25.1. The first-order valence-corrected chi connectivity index (χ1v) is 12.5. The molecule has 1 aromatic carbocycles. The molecule has 10 nitrogen and oxygen atoms in total. The molecule has 4 N–H and O–H groups in total. The van der Waals surface area contributed by atoms with Gasteiger partial charge >= 0.3 is 0 Å². The summed E-state index contributed by atoms with van der Waals surface area (Å²) in [5.74, 6) is 1.40. The van der Waals surface area contributed by atoms with Gasteiger partial charge in [0.15, 0.2) is 0 Å². The van der Waals surface area contributed by atoms with E-state index < -0.39 is 0 Å². The molecule has 11 heteroatoms. The van der Waals surface area contributed by atoms with Gasteiger partial charge < -0.3 is 30.7 Å². The highest BCUT2D eigenvalue weighted by Crippen LogP contribution is 2.40. The third kappa shape index (κ3) is 5.62. The van der Waals surface area contributed by atoms with E-state index in [0.717, 1.165) is 54.1 Å². The molecule has 0 bridgehead atoms. The molecule has 3 aromatic heterocycles. The normalized spacial score (nSPS) is 12.3. The highest BCUT2D eigenvalue weighted by Gasteiger charge is 2.20. The molecule has 0 radical (unpaired) electrons. The molecule has 3 heterocycles. The number of ether oxygens (including phenoxy) is 1. The SMILES string of the molecule is CN(C=O)CCn1ccnc1.COc1cc(N)c(C=N)cc1Nc1ncnc2sc3c(c12)CCCC3. The number of thiophene rings is 1. The lowest BCUT2D eigenvalue weighted by molar-refractivity contribution is -0.117. The third-order valence-corrected chi connectivity index (χ3v) is 7.21. The smallest absolute Gasteiger partial charge is 0.209 e. The van der Waals surface area contributed by atoms with Crippen LogP contribution in [0.5, 0.6) is 5.75 Å². The molecule has 5 rings (SSSR count). The molecule has 1 aliphatic rings. The second kappa shape index (κ2) is 11.6. The van der Waals surface area contributed by atoms with Crippen LogP contribution in [0.15, 0.2) is 37.2 Å². The summed E-state index contributed by atoms with van der Waals surface area (Å²) in [6.45, 7) is 1.52. The van der Waals surface area contributed by atoms with E-state index in [4.69, 9.17) is 15.9 Å². The molecule has 4 aromatic rings. The predicted octanol–water partition coefficient (Wildman–Crippen LogP) is 3.87. The number of carbonyl (C=O) groups is 1. The summed E-state index contributed by atoms with van der Waals surface area (Å²) >= 11 is 1.77. The first-order valence-electron chi connectivity index (χ1n) is 11.7. The Labute approximate surface area is 213 Å². The topological polar surface area (TPSA) is 135 Å². The number of nitrogens with one attached hydrogen (secondary N) is 2. The van der Waals surface area contributed by atoms with E-state index in [1.54, 1.807) is 55.3 Å². The maximum atomic E-state index is 10.2. The number of aromatic nitrogens is 4. The first-order chi connectivity index (χ1) is 17.5. The fraction of sp³-hybridized carbons (Fsp3) is 0.320. The Bertz CT molecular complexity index is 1340. The molecule has 0 saturated carbocycles. The zero-order valence-electron chi connectivity index (χ0n) is 20.4. The van der Waals surface area contributed by atoms with Gasteiger partial charge in [0.25, 0.3) is 0 Å². The number of imidazole rings is 1. The van der Waals surface area contributed by atoms with Crippen LogP contribution in [0.25, 0.3) is 10.2 Å². The van der Waals surface area contributed by atoms with Crippen LogP contribution in [0.3, 0.4) is 0 Å². The number of nitrogens with zero attached hydrogens (tertiary/aromatic N) is 5. The van der Waals surface area contributed by atoms with Crippen molar-refractivity contribution in [1.29, 1.82) is 5.41 Å². The van der Waals surface area contributed by atoms with Gasteiger partial charge in [0.1, 0.15) is 22.7 Å². The maximum Gasteiger partial charge on any atom is 0.209 e. The number of anilines is 3. The lowest BCUT2D eigenvalue weighted by atomic mass is 9.97. The minimum atomic E-state index is 0.512. The largest absolute Gasteiger partial charge is 0.494 e. The van der Waals surface area contributed by atoms with Gasteiger partial charge in [0, 0.05) is 60.9 Å². The fourth-order valence-corrected chi connectivity index (χ4v) is 5.29. The number of aryl methyl sites for hydroxylation is 2. The number of rotatable bonds is 8. The van der Waals surface area contributed by atoms with Crippen molar-refractivity contribution in [1.82, 2.24) is 24.4 Å². The minimum Gasteiger partial charge on any atom is -0.494 e. The van der Waals surface area contributed by atoms with Crippen molar-refractivity contribution in [2.75, 3.05) is 31.8 Å². The number of nitrogens with two attached hydrogens (primary N) is 1. The molecule has 0 atom stereocenters. The molecule has 0 aliphatic heterocycles. The van der Waals surface area contributed by atoms with E-state index in [0.29, 0.717) is 17.0 Å². The van der Waals surface area contributed by atoms with Crippen molar-refractivity contribution < 1.29 is 9.53 Å². The van der Waals surface area contributed by atoms with Crippen molar-refractivity contribution in [3.63, 3.8) is 0 Å². The summed E-state index contributed by atoms with van der Waals surface area (Å²) in [7, 11) is 3.36. The molecule has 188 valence electrons. The van der Waals surface area contributed by atoms with Gasteiger partial charge in [-0.3, -0.25) is 4.79 Å². The van der Waals surface area contributed by atoms with Crippen molar-refractivity contribution in [2.24, 2.45) is 0 Å². The molecule has 0 unspecified atom stereocenters. The second-order valence-corrected chi connectivity index (χ2v) is 9.53. The van der Waals surface area contributed by atoms with Gasteiger partial charge in [-0.15, -0.1) is 11.3 Å². The predicted molar refractivity (Wildman–Crippen MR) is 144 cm³/mol. The van der Waals surface area contributed by atoms with Crippen LogP contribution in [0.4, 0.5) is 17.2 Å². The zero-order chi connectivity index (χ0) is 25.5. The van der Waals surface area contributed by atoms with Crippen LogP contribution < -0.4 is 15.8 Å². The molecule has 0 spiro atoms. The standard InChI is InChI=1S/C18H19N5OS.C7H11N3O/c1-24-14-7-12(20)10(8-19)6-13(14)23-17-16-11-4-2-3-5-15(11)25-18(16)22-9-21-17;1-9(7-11)4-5-10-3-2-8-6-10/h6-9,19H,2-5,20H2,1H3,(H,21,22,23);2-3,6-7H,4-5H2,1H3. The highest BCUT2D eigenvalue weighted by atomic mass is 32.1. The number of nitrogen functional groups attached to an aromatic ring is 1. The average molecular weight is 507 g/mol. The van der Waals surface area contributed by atoms with Crippen LogP contribution in [0.1, 0.15) is 28.8 Å². The number of likely N-dealkylation sites (N-methyl/N-ethyl adjacent to an activating group) is 1. The Hall–Kier alpha value is -3.99. The van der Waals surface area contributed by atoms with Gasteiger partial charge in [-0.1, -0.05) is 0 Å². The zero-order valence-corrected chi connectivity index (χ0v) is 21.2. The Morgan fingerprint density at radius 1 is 1.31 bits per heavy atom. The third-order valence-electron chi connectivity index (χ3n) is 6.02. The number of methoxy groups -OCH3 is 1. The van der Waals surface area contributed by atoms with Crippen LogP contribution in [-0.2, 0) is 24.2 Å². The van der Waals surface area contributed by atoms with Gasteiger partial charge in [-0.05, 0) is 37.3 Å². The van der Waals surface area contributed by atoms with Crippen LogP contribution in [0.2, 0.25) is 0 Å². The monoisotopic (exact) mass is 506 g/mol. The van der Waals surface area contributed by atoms with Crippen LogP contribution >= 0.6 is 11.3 Å². The van der Waals surface area contributed by atoms with E-state index >= 15 is 0 Å². The van der Waals surface area contributed by atoms with Gasteiger partial charge in [-0.25, -0.2) is 15.0 Å². The number of benzene rings is 1. The van der Waals surface area contributed by atoms with E-state index in [1.807, 2.05) is 16.8 Å². The van der Waals surface area contributed by atoms with Crippen molar-refractivity contribution >= 4 is 51.4 Å². The minimum absolute atomic E-state index is 0.512. The second-order valence-electron chi connectivity index (χ2n) is 8.45. The summed E-state index contributed by atoms with van der Waals surface area (Å²) in [6, 6.07) is 3.54. The molecular weight excluding hydrogens is 476 g/mol. The fourth-order valence-electron chi connectivity index (χ4n) is 4.06. The maximum absolute atomic E-state index is 10.2. The summed E-state index contributed by atoms with van der Waals surface area (Å²) in [5.41, 5.74) is 9.22. The highest BCUT2D eigenvalue weighted by molar-refractivity contribution is 7.19. The molecule has 36 heavy (non-hydrogen) atoms. The van der Waals surface area contributed by atoms with E-state index in [2.05, 4.69) is 20.3 Å². The summed E-state index contributed by atoms with van der Waals surface area (Å²) < 4.78 is 7.38. The Morgan fingerprint density at radius 3 is 2.86 bits per heavy atom. The van der Waals surface area contributed by atoms with E-state index in [9.17, 15) is 4.79 Å². The summed E-state index contributed by atoms with van der Waals surface area (Å²) in [4.78, 5) is 27.0. The number of fused-ring (bicyclic) bond motifs is 3. The number of amides is 1. The molecule has 0 saturated heterocycles. The average Bonchev–Trinajstić information content (AvgIpc) is 3.56. The van der Waals surface area contributed by atoms with Crippen molar-refractivity contribution in [3.8, 4) is 5.75 Å². The van der Waals surface area contributed by atoms with Gasteiger partial charge in [0.2, 0.25) is 6.41 Å². The number of hydrogen-bond donors (Lipinski definition) is 3. The molecular formula is C25H30N8O2S. The van der Waals surface area contributed by atoms with E-state index in [-0.39, 0.29) is 0 Å². The summed E-state index contributed by atoms with van der Waals surface area (Å²) in [5, 5.41) is 12.0. The summed E-state index contributed by atoms with van der Waals surface area (Å²) in [6.07, 6.45) is 13.6. The molecule has 1 amide bonds. The lowest BCUT2D eigenvalue weighted by Gasteiger charge is -2.15. The Morgan fingerprint density at radius 2 is 2.14 bits per heavy atom. The quantitative estimate of drug-likeness (QED) is 0.187. The molecule has 0 fully saturated rings.